The second-order valence-electron chi connectivity index (χ2n) is 14.5. The molecule has 0 aliphatic rings. The van der Waals surface area contributed by atoms with Gasteiger partial charge in [-0.05, 0) is 90.3 Å². The van der Waals surface area contributed by atoms with Gasteiger partial charge in [0.1, 0.15) is 0 Å². The Morgan fingerprint density at radius 3 is 1.46 bits per heavy atom. The molecule has 0 radical (unpaired) electrons. The smallest absolute Gasteiger partial charge is 0.0546 e. The average Bonchev–Trinajstić information content (AvgIpc) is 3.30. The van der Waals surface area contributed by atoms with Crippen LogP contribution in [0.2, 0.25) is 0 Å². The molecule has 1 heteroatoms. The van der Waals surface area contributed by atoms with Crippen molar-refractivity contribution in [2.75, 3.05) is 4.90 Å². The normalized spacial score (nSPS) is 11.2. The maximum atomic E-state index is 2.48. The molecule has 1 nitrogen and oxygen atoms in total. The second kappa shape index (κ2) is 15.0. The molecule has 10 rings (SSSR count). The van der Waals surface area contributed by atoms with E-state index in [0.29, 0.717) is 0 Å². The van der Waals surface area contributed by atoms with E-state index in [4.69, 9.17) is 0 Å². The van der Waals surface area contributed by atoms with Crippen LogP contribution in [0.25, 0.3) is 77.2 Å². The van der Waals surface area contributed by atoms with Crippen LogP contribution in [0.15, 0.2) is 237 Å². The zero-order valence-electron chi connectivity index (χ0n) is 31.5. The highest BCUT2D eigenvalue weighted by atomic mass is 15.1. The van der Waals surface area contributed by atoms with Crippen LogP contribution in [0, 0.1) is 0 Å². The maximum Gasteiger partial charge on any atom is 0.0546 e. The molecule has 0 fully saturated rings. The van der Waals surface area contributed by atoms with Gasteiger partial charge in [-0.1, -0.05) is 212 Å². The molecular formula is C56H39N. The molecule has 268 valence electrons. The lowest BCUT2D eigenvalue weighted by atomic mass is 9.90. The largest absolute Gasteiger partial charge is 0.309 e. The predicted octanol–water partition coefficient (Wildman–Crippen LogP) is 15.8. The van der Waals surface area contributed by atoms with Gasteiger partial charge in [-0.3, -0.25) is 0 Å². The lowest BCUT2D eigenvalue weighted by Gasteiger charge is -2.31. The van der Waals surface area contributed by atoms with E-state index in [1.165, 1.54) is 60.5 Å². The van der Waals surface area contributed by atoms with Crippen molar-refractivity contribution in [3.8, 4) is 55.6 Å². The summed E-state index contributed by atoms with van der Waals surface area (Å²) < 4.78 is 0. The number of nitrogens with zero attached hydrogens (tertiary/aromatic N) is 1. The van der Waals surface area contributed by atoms with Crippen molar-refractivity contribution in [3.05, 3.63) is 237 Å². The van der Waals surface area contributed by atoms with Crippen molar-refractivity contribution in [1.82, 2.24) is 0 Å². The van der Waals surface area contributed by atoms with Crippen LogP contribution in [0.4, 0.5) is 17.1 Å². The highest BCUT2D eigenvalue weighted by molar-refractivity contribution is 6.09. The Labute approximate surface area is 334 Å². The quantitative estimate of drug-likeness (QED) is 0.151. The minimum absolute atomic E-state index is 1.08. The molecule has 10 aromatic carbocycles. The summed E-state index contributed by atoms with van der Waals surface area (Å²) in [6, 6.07) is 85.8. The third kappa shape index (κ3) is 6.46. The summed E-state index contributed by atoms with van der Waals surface area (Å²) in [5.74, 6) is 0. The highest BCUT2D eigenvalue weighted by Crippen LogP contribution is 2.48. The number of fused-ring (bicyclic) bond motifs is 2. The third-order valence-electron chi connectivity index (χ3n) is 11.1. The van der Waals surface area contributed by atoms with Gasteiger partial charge in [-0.15, -0.1) is 0 Å². The molecule has 0 amide bonds. The van der Waals surface area contributed by atoms with Crippen LogP contribution in [-0.2, 0) is 0 Å². The van der Waals surface area contributed by atoms with Gasteiger partial charge in [0, 0.05) is 16.8 Å². The molecule has 0 aromatic heterocycles. The van der Waals surface area contributed by atoms with E-state index in [0.717, 1.165) is 33.8 Å². The molecule has 0 N–H and O–H groups in total. The fourth-order valence-corrected chi connectivity index (χ4v) is 8.38. The van der Waals surface area contributed by atoms with Crippen LogP contribution >= 0.6 is 0 Å². The monoisotopic (exact) mass is 725 g/mol. The lowest BCUT2D eigenvalue weighted by Crippen LogP contribution is -2.13. The molecular weight excluding hydrogens is 687 g/mol. The van der Waals surface area contributed by atoms with Crippen molar-refractivity contribution in [1.29, 1.82) is 0 Å². The average molecular weight is 726 g/mol. The summed E-state index contributed by atoms with van der Waals surface area (Å²) in [6.07, 6.45) is 0. The Kier molecular flexibility index (Phi) is 8.95. The van der Waals surface area contributed by atoms with E-state index in [1.54, 1.807) is 0 Å². The molecule has 0 saturated carbocycles. The fraction of sp³-hybridized carbons (Fsp3) is 0. The number of rotatable bonds is 8. The zero-order valence-corrected chi connectivity index (χ0v) is 31.5. The first-order chi connectivity index (χ1) is 28.3. The van der Waals surface area contributed by atoms with Gasteiger partial charge in [0.25, 0.3) is 0 Å². The summed E-state index contributed by atoms with van der Waals surface area (Å²) in [7, 11) is 0. The van der Waals surface area contributed by atoms with Crippen molar-refractivity contribution in [2.45, 2.75) is 0 Å². The second-order valence-corrected chi connectivity index (χ2v) is 14.5. The standard InChI is InChI=1S/C56H39N/c1-4-17-40(18-5-1)41-33-36-47(37-34-41)57(54-32-13-12-28-52(54)53-31-16-26-45-25-15-30-51(56(45)53)44-21-8-3-9-22-44)55-39-46(35-38-50(55)43-19-6-2-7-20-43)49-29-14-24-42-23-10-11-27-48(42)49/h1-39H. The van der Waals surface area contributed by atoms with E-state index >= 15 is 0 Å². The van der Waals surface area contributed by atoms with Crippen LogP contribution in [-0.4, -0.2) is 0 Å². The first-order valence-electron chi connectivity index (χ1n) is 19.6. The van der Waals surface area contributed by atoms with Crippen LogP contribution in [0.3, 0.4) is 0 Å². The van der Waals surface area contributed by atoms with Crippen LogP contribution in [0.1, 0.15) is 0 Å². The highest BCUT2D eigenvalue weighted by Gasteiger charge is 2.23. The Morgan fingerprint density at radius 1 is 0.246 bits per heavy atom. The Hall–Kier alpha value is -7.48. The van der Waals surface area contributed by atoms with Gasteiger partial charge in [0.2, 0.25) is 0 Å². The summed E-state index contributed by atoms with van der Waals surface area (Å²) in [6.45, 7) is 0. The minimum Gasteiger partial charge on any atom is -0.309 e. The van der Waals surface area contributed by atoms with Crippen LogP contribution < -0.4 is 4.90 Å². The molecule has 10 aromatic rings. The van der Waals surface area contributed by atoms with E-state index in [1.807, 2.05) is 0 Å². The van der Waals surface area contributed by atoms with Crippen molar-refractivity contribution in [2.24, 2.45) is 0 Å². The number of para-hydroxylation sites is 1. The van der Waals surface area contributed by atoms with Gasteiger partial charge < -0.3 is 4.90 Å². The Balaban J connectivity index is 1.26. The maximum absolute atomic E-state index is 2.48. The number of anilines is 3. The summed E-state index contributed by atoms with van der Waals surface area (Å²) in [5, 5.41) is 4.92. The zero-order chi connectivity index (χ0) is 38.0. The number of hydrogen-bond donors (Lipinski definition) is 0. The molecule has 0 aliphatic heterocycles. The molecule has 57 heavy (non-hydrogen) atoms. The van der Waals surface area contributed by atoms with Gasteiger partial charge >= 0.3 is 0 Å². The van der Waals surface area contributed by atoms with E-state index in [-0.39, 0.29) is 0 Å². The Bertz CT molecular complexity index is 2980. The lowest BCUT2D eigenvalue weighted by molar-refractivity contribution is 1.28. The van der Waals surface area contributed by atoms with E-state index in [9.17, 15) is 0 Å². The SMILES string of the molecule is c1ccc(-c2ccc(N(c3cc(-c4cccc5ccccc45)ccc3-c3ccccc3)c3ccccc3-c3cccc4cccc(-c5ccccc5)c34)cc2)cc1. The van der Waals surface area contributed by atoms with Gasteiger partial charge in [0.05, 0.1) is 11.4 Å². The van der Waals surface area contributed by atoms with Gasteiger partial charge in [-0.2, -0.15) is 0 Å². The number of benzene rings is 10. The van der Waals surface area contributed by atoms with E-state index < -0.39 is 0 Å². The molecule has 0 spiro atoms. The Morgan fingerprint density at radius 2 is 0.737 bits per heavy atom. The van der Waals surface area contributed by atoms with Crippen molar-refractivity contribution < 1.29 is 0 Å². The summed E-state index contributed by atoms with van der Waals surface area (Å²) >= 11 is 0. The predicted molar refractivity (Wildman–Crippen MR) is 243 cm³/mol. The van der Waals surface area contributed by atoms with Crippen LogP contribution in [0.5, 0.6) is 0 Å². The number of hydrogen-bond acceptors (Lipinski definition) is 1. The summed E-state index contributed by atoms with van der Waals surface area (Å²) in [4.78, 5) is 2.48. The topological polar surface area (TPSA) is 3.24 Å². The van der Waals surface area contributed by atoms with Crippen molar-refractivity contribution >= 4 is 38.6 Å². The molecule has 0 heterocycles. The molecule has 0 atom stereocenters. The van der Waals surface area contributed by atoms with Gasteiger partial charge in [0.15, 0.2) is 0 Å². The molecule has 0 aliphatic carbocycles. The molecule has 0 unspecified atom stereocenters. The fourth-order valence-electron chi connectivity index (χ4n) is 8.38. The first-order valence-corrected chi connectivity index (χ1v) is 19.6. The van der Waals surface area contributed by atoms with Crippen molar-refractivity contribution in [3.63, 3.8) is 0 Å². The minimum atomic E-state index is 1.08. The third-order valence-corrected chi connectivity index (χ3v) is 11.1. The van der Waals surface area contributed by atoms with Gasteiger partial charge in [-0.25, -0.2) is 0 Å². The first kappa shape index (κ1) is 34.0. The summed E-state index contributed by atoms with van der Waals surface area (Å²) in [5.41, 5.74) is 15.2. The molecule has 0 bridgehead atoms. The van der Waals surface area contributed by atoms with E-state index in [2.05, 4.69) is 241 Å². The molecule has 0 saturated heterocycles.